The van der Waals surface area contributed by atoms with Gasteiger partial charge in [-0.15, -0.1) is 0 Å². The molecule has 0 bridgehead atoms. The van der Waals surface area contributed by atoms with Gasteiger partial charge in [-0.05, 0) is 25.8 Å². The van der Waals surface area contributed by atoms with Gasteiger partial charge in [-0.1, -0.05) is 42.3 Å². The first-order valence-electron chi connectivity index (χ1n) is 7.36. The van der Waals surface area contributed by atoms with Gasteiger partial charge in [0.15, 0.2) is 0 Å². The van der Waals surface area contributed by atoms with Gasteiger partial charge >= 0.3 is 0 Å². The lowest BCUT2D eigenvalue weighted by Crippen LogP contribution is -2.36. The van der Waals surface area contributed by atoms with E-state index in [1.54, 1.807) is 13.2 Å². The maximum absolute atomic E-state index is 10.4. The minimum Gasteiger partial charge on any atom is -0.388 e. The zero-order chi connectivity index (χ0) is 15.8. The summed E-state index contributed by atoms with van der Waals surface area (Å²) in [6.07, 6.45) is 1.08. The summed E-state index contributed by atoms with van der Waals surface area (Å²) in [4.78, 5) is 2.32. The second kappa shape index (κ2) is 9.65. The molecule has 1 N–H and O–H groups in total. The van der Waals surface area contributed by atoms with Crippen LogP contribution in [0.2, 0.25) is 10.0 Å². The van der Waals surface area contributed by atoms with Crippen molar-refractivity contribution in [3.63, 3.8) is 0 Å². The van der Waals surface area contributed by atoms with Crippen LogP contribution in [0.15, 0.2) is 18.2 Å². The molecule has 3 nitrogen and oxygen atoms in total. The van der Waals surface area contributed by atoms with Gasteiger partial charge in [-0.2, -0.15) is 0 Å². The summed E-state index contributed by atoms with van der Waals surface area (Å²) in [5.41, 5.74) is 0.694. The Kier molecular flexibility index (Phi) is 8.60. The minimum atomic E-state index is -0.606. The molecule has 21 heavy (non-hydrogen) atoms. The van der Waals surface area contributed by atoms with E-state index in [9.17, 15) is 5.11 Å². The number of methoxy groups -OCH3 is 1. The number of nitrogens with zero attached hydrogens (tertiary/aromatic N) is 1. The van der Waals surface area contributed by atoms with Crippen molar-refractivity contribution in [1.82, 2.24) is 4.90 Å². The predicted molar refractivity (Wildman–Crippen MR) is 89.2 cm³/mol. The molecule has 0 amide bonds. The molecule has 5 heteroatoms. The summed E-state index contributed by atoms with van der Waals surface area (Å²) < 4.78 is 5.15. The summed E-state index contributed by atoms with van der Waals surface area (Å²) in [6.45, 7) is 6.70. The fourth-order valence-electron chi connectivity index (χ4n) is 2.24. The SMILES string of the molecule is CCC(C)N(CCOC)CCC(O)c1cccc(Cl)c1Cl. The van der Waals surface area contributed by atoms with Crippen molar-refractivity contribution >= 4 is 23.2 Å². The lowest BCUT2D eigenvalue weighted by atomic mass is 10.1. The van der Waals surface area contributed by atoms with Gasteiger partial charge in [-0.3, -0.25) is 4.90 Å². The van der Waals surface area contributed by atoms with Gasteiger partial charge in [0, 0.05) is 31.8 Å². The number of aliphatic hydroxyl groups excluding tert-OH is 1. The highest BCUT2D eigenvalue weighted by atomic mass is 35.5. The Morgan fingerprint density at radius 2 is 2.00 bits per heavy atom. The van der Waals surface area contributed by atoms with E-state index in [0.717, 1.165) is 19.5 Å². The van der Waals surface area contributed by atoms with E-state index in [1.165, 1.54) is 0 Å². The van der Waals surface area contributed by atoms with Gasteiger partial charge in [-0.25, -0.2) is 0 Å². The third-order valence-corrected chi connectivity index (χ3v) is 4.66. The van der Waals surface area contributed by atoms with E-state index in [4.69, 9.17) is 27.9 Å². The number of hydrogen-bond donors (Lipinski definition) is 1. The van der Waals surface area contributed by atoms with Crippen molar-refractivity contribution in [3.8, 4) is 0 Å². The zero-order valence-corrected chi connectivity index (χ0v) is 14.5. The van der Waals surface area contributed by atoms with Crippen LogP contribution in [0.1, 0.15) is 38.4 Å². The maximum atomic E-state index is 10.4. The van der Waals surface area contributed by atoms with Gasteiger partial charge in [0.2, 0.25) is 0 Å². The van der Waals surface area contributed by atoms with Crippen LogP contribution in [0.4, 0.5) is 0 Å². The van der Waals surface area contributed by atoms with Crippen LogP contribution in [0.5, 0.6) is 0 Å². The molecule has 1 rings (SSSR count). The molecule has 1 aromatic rings. The number of rotatable bonds is 9. The van der Waals surface area contributed by atoms with Crippen molar-refractivity contribution in [2.24, 2.45) is 0 Å². The smallest absolute Gasteiger partial charge is 0.0817 e. The highest BCUT2D eigenvalue weighted by molar-refractivity contribution is 6.42. The minimum absolute atomic E-state index is 0.443. The van der Waals surface area contributed by atoms with E-state index in [2.05, 4.69) is 18.7 Å². The predicted octanol–water partition coefficient (Wildman–Crippen LogP) is 4.16. The molecule has 0 aliphatic rings. The lowest BCUT2D eigenvalue weighted by Gasteiger charge is -2.29. The van der Waals surface area contributed by atoms with Crippen LogP contribution in [0.3, 0.4) is 0 Å². The molecule has 2 unspecified atom stereocenters. The third kappa shape index (κ3) is 5.76. The molecule has 0 fully saturated rings. The Balaban J connectivity index is 2.63. The molecule has 0 radical (unpaired) electrons. The number of aliphatic hydroxyl groups is 1. The van der Waals surface area contributed by atoms with Crippen molar-refractivity contribution in [2.75, 3.05) is 26.8 Å². The van der Waals surface area contributed by atoms with E-state index in [-0.39, 0.29) is 0 Å². The molecule has 0 spiro atoms. The fourth-order valence-corrected chi connectivity index (χ4v) is 2.67. The lowest BCUT2D eigenvalue weighted by molar-refractivity contribution is 0.0966. The molecule has 2 atom stereocenters. The Labute approximate surface area is 137 Å². The highest BCUT2D eigenvalue weighted by Gasteiger charge is 2.17. The second-order valence-corrected chi connectivity index (χ2v) is 6.02. The number of ether oxygens (including phenoxy) is 1. The van der Waals surface area contributed by atoms with Crippen LogP contribution in [0, 0.1) is 0 Å². The average Bonchev–Trinajstić information content (AvgIpc) is 2.49. The van der Waals surface area contributed by atoms with E-state index in [0.29, 0.717) is 34.7 Å². The highest BCUT2D eigenvalue weighted by Crippen LogP contribution is 2.31. The Morgan fingerprint density at radius 1 is 1.29 bits per heavy atom. The van der Waals surface area contributed by atoms with Gasteiger partial charge in [0.1, 0.15) is 0 Å². The maximum Gasteiger partial charge on any atom is 0.0817 e. The van der Waals surface area contributed by atoms with Gasteiger partial charge < -0.3 is 9.84 Å². The monoisotopic (exact) mass is 333 g/mol. The van der Waals surface area contributed by atoms with Crippen LogP contribution < -0.4 is 0 Å². The molecule has 120 valence electrons. The van der Waals surface area contributed by atoms with Gasteiger partial charge in [0.25, 0.3) is 0 Å². The summed E-state index contributed by atoms with van der Waals surface area (Å²) in [6, 6.07) is 5.82. The quantitative estimate of drug-likeness (QED) is 0.736. The Bertz CT molecular complexity index is 429. The Hall–Kier alpha value is -0.320. The van der Waals surface area contributed by atoms with Crippen LogP contribution in [-0.4, -0.2) is 42.9 Å². The molecule has 0 saturated carbocycles. The standard InChI is InChI=1S/C16H25Cl2NO2/c1-4-12(2)19(10-11-21-3)9-8-15(20)13-6-5-7-14(17)16(13)18/h5-7,12,15,20H,4,8-11H2,1-3H3. The van der Waals surface area contributed by atoms with Crippen molar-refractivity contribution < 1.29 is 9.84 Å². The number of halogens is 2. The molecule has 0 saturated heterocycles. The first-order valence-corrected chi connectivity index (χ1v) is 8.11. The summed E-state index contributed by atoms with van der Waals surface area (Å²) in [7, 11) is 1.70. The van der Waals surface area contributed by atoms with E-state index in [1.807, 2.05) is 12.1 Å². The van der Waals surface area contributed by atoms with E-state index < -0.39 is 6.10 Å². The van der Waals surface area contributed by atoms with Crippen LogP contribution in [-0.2, 0) is 4.74 Å². The number of hydrogen-bond acceptors (Lipinski definition) is 3. The van der Waals surface area contributed by atoms with Gasteiger partial charge in [0.05, 0.1) is 22.8 Å². The molecule has 0 aliphatic heterocycles. The molecular weight excluding hydrogens is 309 g/mol. The molecular formula is C16H25Cl2NO2. The first kappa shape index (κ1) is 18.7. The summed E-state index contributed by atoms with van der Waals surface area (Å²) >= 11 is 12.1. The zero-order valence-electron chi connectivity index (χ0n) is 13.0. The van der Waals surface area contributed by atoms with Crippen molar-refractivity contribution in [1.29, 1.82) is 0 Å². The second-order valence-electron chi connectivity index (χ2n) is 5.23. The van der Waals surface area contributed by atoms with Crippen LogP contribution >= 0.6 is 23.2 Å². The average molecular weight is 334 g/mol. The summed E-state index contributed by atoms with van der Waals surface area (Å²) in [5, 5.41) is 11.3. The molecule has 0 aliphatic carbocycles. The fraction of sp³-hybridized carbons (Fsp3) is 0.625. The summed E-state index contributed by atoms with van der Waals surface area (Å²) in [5.74, 6) is 0. The topological polar surface area (TPSA) is 32.7 Å². The number of benzene rings is 1. The molecule has 0 aromatic heterocycles. The van der Waals surface area contributed by atoms with Crippen molar-refractivity contribution in [2.45, 2.75) is 38.8 Å². The normalized spacial score (nSPS) is 14.4. The molecule has 0 heterocycles. The Morgan fingerprint density at radius 3 is 2.62 bits per heavy atom. The molecule has 1 aromatic carbocycles. The van der Waals surface area contributed by atoms with Crippen LogP contribution in [0.25, 0.3) is 0 Å². The third-order valence-electron chi connectivity index (χ3n) is 3.83. The van der Waals surface area contributed by atoms with Crippen molar-refractivity contribution in [3.05, 3.63) is 33.8 Å². The van der Waals surface area contributed by atoms with E-state index >= 15 is 0 Å². The largest absolute Gasteiger partial charge is 0.388 e. The first-order chi connectivity index (χ1) is 10.0.